The minimum Gasteiger partial charge on any atom is -0.378 e. The third-order valence-corrected chi connectivity index (χ3v) is 6.80. The lowest BCUT2D eigenvalue weighted by atomic mass is 10.2. The number of H-pyrrole nitrogens is 1. The average Bonchev–Trinajstić information content (AvgIpc) is 3.32. The first kappa shape index (κ1) is 22.0. The van der Waals surface area contributed by atoms with Crippen molar-refractivity contribution in [3.63, 3.8) is 0 Å². The Balaban J connectivity index is 1.42. The summed E-state index contributed by atoms with van der Waals surface area (Å²) in [5.74, 6) is 0.723. The minimum absolute atomic E-state index is 0.317. The molecule has 0 atom stereocenters. The van der Waals surface area contributed by atoms with Crippen molar-refractivity contribution >= 4 is 44.3 Å². The Morgan fingerprint density at radius 1 is 1.06 bits per heavy atom. The Morgan fingerprint density at radius 2 is 1.82 bits per heavy atom. The van der Waals surface area contributed by atoms with E-state index in [1.54, 1.807) is 24.7 Å². The highest BCUT2D eigenvalue weighted by atomic mass is 32.2. The van der Waals surface area contributed by atoms with Crippen LogP contribution in [0.5, 0.6) is 0 Å². The molecule has 0 bridgehead atoms. The van der Waals surface area contributed by atoms with Crippen LogP contribution in [0.15, 0.2) is 48.9 Å². The van der Waals surface area contributed by atoms with Crippen molar-refractivity contribution in [1.29, 1.82) is 0 Å². The molecule has 0 spiro atoms. The van der Waals surface area contributed by atoms with Gasteiger partial charge in [-0.2, -0.15) is 4.98 Å². The normalized spacial score (nSPS) is 14.4. The second-order valence-electron chi connectivity index (χ2n) is 7.90. The molecule has 1 aliphatic rings. The summed E-state index contributed by atoms with van der Waals surface area (Å²) < 4.78 is 30.1. The van der Waals surface area contributed by atoms with Gasteiger partial charge in [0.1, 0.15) is 17.0 Å². The van der Waals surface area contributed by atoms with Crippen LogP contribution in [-0.4, -0.2) is 72.9 Å². The number of hydrogen-bond donors (Lipinski definition) is 2. The molecular weight excluding hydrogens is 456 g/mol. The van der Waals surface area contributed by atoms with Crippen molar-refractivity contribution in [2.24, 2.45) is 0 Å². The first-order valence-corrected chi connectivity index (χ1v) is 12.5. The lowest BCUT2D eigenvalue weighted by Crippen LogP contribution is -2.36. The zero-order chi connectivity index (χ0) is 23.7. The molecule has 0 radical (unpaired) electrons. The van der Waals surface area contributed by atoms with Crippen LogP contribution in [0.2, 0.25) is 0 Å². The number of anilines is 4. The van der Waals surface area contributed by atoms with Gasteiger partial charge in [-0.1, -0.05) is 0 Å². The van der Waals surface area contributed by atoms with Crippen molar-refractivity contribution in [1.82, 2.24) is 24.9 Å². The number of aromatic nitrogens is 5. The number of ether oxygens (including phenoxy) is 1. The van der Waals surface area contributed by atoms with Gasteiger partial charge in [0, 0.05) is 43.3 Å². The zero-order valence-corrected chi connectivity index (χ0v) is 19.6. The smallest absolute Gasteiger partial charge is 0.233 e. The summed E-state index contributed by atoms with van der Waals surface area (Å²) in [4.78, 5) is 23.2. The van der Waals surface area contributed by atoms with Crippen LogP contribution in [0.25, 0.3) is 22.4 Å². The highest BCUT2D eigenvalue weighted by molar-refractivity contribution is 7.92. The topological polar surface area (TPSA) is 129 Å². The molecule has 176 valence electrons. The summed E-state index contributed by atoms with van der Waals surface area (Å²) in [6, 6.07) is 11.5. The quantitative estimate of drug-likeness (QED) is 0.427. The van der Waals surface area contributed by atoms with Gasteiger partial charge in [-0.25, -0.2) is 23.4 Å². The summed E-state index contributed by atoms with van der Waals surface area (Å²) in [5.41, 5.74) is 4.44. The Labute approximate surface area is 196 Å². The summed E-state index contributed by atoms with van der Waals surface area (Å²) in [6.07, 6.45) is 4.27. The van der Waals surface area contributed by atoms with Gasteiger partial charge in [0.15, 0.2) is 5.65 Å². The molecule has 1 aromatic carbocycles. The summed E-state index contributed by atoms with van der Waals surface area (Å²) in [6.45, 7) is 3.23. The number of nitrogens with one attached hydrogen (secondary N) is 2. The maximum Gasteiger partial charge on any atom is 0.233 e. The number of imidazole rings is 1. The number of sulfonamides is 1. The molecule has 12 heteroatoms. The van der Waals surface area contributed by atoms with Gasteiger partial charge in [0.25, 0.3) is 0 Å². The van der Waals surface area contributed by atoms with Crippen LogP contribution in [0, 0.1) is 0 Å². The number of hydrogen-bond acceptors (Lipinski definition) is 9. The van der Waals surface area contributed by atoms with E-state index in [1.807, 2.05) is 12.1 Å². The van der Waals surface area contributed by atoms with Crippen molar-refractivity contribution in [2.45, 2.75) is 0 Å². The molecule has 4 aromatic rings. The van der Waals surface area contributed by atoms with E-state index in [0.29, 0.717) is 34.2 Å². The molecule has 5 rings (SSSR count). The van der Waals surface area contributed by atoms with Gasteiger partial charge in [0.2, 0.25) is 16.0 Å². The van der Waals surface area contributed by atoms with E-state index in [9.17, 15) is 8.42 Å². The molecule has 4 heterocycles. The van der Waals surface area contributed by atoms with Gasteiger partial charge < -0.3 is 19.9 Å². The second kappa shape index (κ2) is 8.88. The summed E-state index contributed by atoms with van der Waals surface area (Å²) >= 11 is 0. The molecule has 2 N–H and O–H groups in total. The molecule has 0 unspecified atom stereocenters. The lowest BCUT2D eigenvalue weighted by molar-refractivity contribution is 0.122. The standard InChI is InChI=1S/C22H24N8O3S/c1-29(34(2,31)32)18-8-3-15(13-23-18)19-20-21(25-14-24-20)28-22(27-19)26-16-4-6-17(7-5-16)30-9-11-33-12-10-30/h3-8,13-14H,9-12H2,1-2H3,(H2,24,25,26,27,28). The third kappa shape index (κ3) is 4.50. The Morgan fingerprint density at radius 3 is 2.50 bits per heavy atom. The van der Waals surface area contributed by atoms with E-state index in [-0.39, 0.29) is 0 Å². The monoisotopic (exact) mass is 480 g/mol. The predicted molar refractivity (Wildman–Crippen MR) is 131 cm³/mol. The molecule has 11 nitrogen and oxygen atoms in total. The highest BCUT2D eigenvalue weighted by Gasteiger charge is 2.16. The molecular formula is C22H24N8O3S. The van der Waals surface area contributed by atoms with Crippen LogP contribution >= 0.6 is 0 Å². The fraction of sp³-hybridized carbons (Fsp3) is 0.273. The average molecular weight is 481 g/mol. The third-order valence-electron chi connectivity index (χ3n) is 5.62. The van der Waals surface area contributed by atoms with Crippen LogP contribution in [0.1, 0.15) is 0 Å². The van der Waals surface area contributed by atoms with E-state index in [2.05, 4.69) is 47.3 Å². The van der Waals surface area contributed by atoms with E-state index < -0.39 is 10.0 Å². The van der Waals surface area contributed by atoms with E-state index in [0.717, 1.165) is 48.2 Å². The molecule has 0 amide bonds. The SMILES string of the molecule is CN(c1ccc(-c2nc(Nc3ccc(N4CCOCC4)cc3)nc3[nH]cnc23)cn1)S(C)(=O)=O. The maximum absolute atomic E-state index is 11.8. The lowest BCUT2D eigenvalue weighted by Gasteiger charge is -2.28. The van der Waals surface area contributed by atoms with E-state index in [4.69, 9.17) is 4.74 Å². The predicted octanol–water partition coefficient (Wildman–Crippen LogP) is 2.39. The van der Waals surface area contributed by atoms with Crippen molar-refractivity contribution in [3.8, 4) is 11.3 Å². The minimum atomic E-state index is -3.40. The first-order chi connectivity index (χ1) is 16.4. The first-order valence-electron chi connectivity index (χ1n) is 10.7. The molecule has 1 aliphatic heterocycles. The zero-order valence-electron chi connectivity index (χ0n) is 18.8. The molecule has 1 fully saturated rings. The Kier molecular flexibility index (Phi) is 5.75. The number of aromatic amines is 1. The molecule has 0 saturated carbocycles. The second-order valence-corrected chi connectivity index (χ2v) is 9.92. The molecule has 1 saturated heterocycles. The van der Waals surface area contributed by atoms with Gasteiger partial charge >= 0.3 is 0 Å². The summed E-state index contributed by atoms with van der Waals surface area (Å²) in [5, 5.41) is 3.25. The van der Waals surface area contributed by atoms with Crippen LogP contribution < -0.4 is 14.5 Å². The van der Waals surface area contributed by atoms with Crippen LogP contribution in [0.4, 0.5) is 23.1 Å². The maximum atomic E-state index is 11.8. The van der Waals surface area contributed by atoms with Crippen LogP contribution in [0.3, 0.4) is 0 Å². The largest absolute Gasteiger partial charge is 0.378 e. The number of morpholine rings is 1. The van der Waals surface area contributed by atoms with Gasteiger partial charge in [-0.05, 0) is 36.4 Å². The number of pyridine rings is 1. The van der Waals surface area contributed by atoms with Crippen LogP contribution in [-0.2, 0) is 14.8 Å². The van der Waals surface area contributed by atoms with Gasteiger partial charge in [0.05, 0.1) is 25.8 Å². The molecule has 3 aromatic heterocycles. The van der Waals surface area contributed by atoms with Crippen molar-refractivity contribution in [2.75, 3.05) is 54.1 Å². The van der Waals surface area contributed by atoms with E-state index in [1.165, 1.54) is 7.05 Å². The Hall–Kier alpha value is -3.77. The van der Waals surface area contributed by atoms with Gasteiger partial charge in [-0.3, -0.25) is 4.31 Å². The highest BCUT2D eigenvalue weighted by Crippen LogP contribution is 2.28. The van der Waals surface area contributed by atoms with Crippen molar-refractivity contribution in [3.05, 3.63) is 48.9 Å². The number of nitrogens with zero attached hydrogens (tertiary/aromatic N) is 6. The number of fused-ring (bicyclic) bond motifs is 1. The van der Waals surface area contributed by atoms with Crippen molar-refractivity contribution < 1.29 is 13.2 Å². The van der Waals surface area contributed by atoms with Gasteiger partial charge in [-0.15, -0.1) is 0 Å². The Bertz CT molecular complexity index is 1400. The number of benzene rings is 1. The fourth-order valence-corrected chi connectivity index (χ4v) is 4.13. The number of rotatable bonds is 6. The molecule has 34 heavy (non-hydrogen) atoms. The molecule has 0 aliphatic carbocycles. The van der Waals surface area contributed by atoms with E-state index >= 15 is 0 Å². The fourth-order valence-electron chi connectivity index (χ4n) is 3.68. The summed E-state index contributed by atoms with van der Waals surface area (Å²) in [7, 11) is -1.94.